The van der Waals surface area contributed by atoms with E-state index in [-0.39, 0.29) is 21.9 Å². The highest BCUT2D eigenvalue weighted by Crippen LogP contribution is 2.33. The Morgan fingerprint density at radius 2 is 2.00 bits per heavy atom. The Labute approximate surface area is 110 Å². The molecule has 0 atom stereocenters. The summed E-state index contributed by atoms with van der Waals surface area (Å²) in [6, 6.07) is 3.59. The van der Waals surface area contributed by atoms with Gasteiger partial charge in [0.2, 0.25) is 5.91 Å². The van der Waals surface area contributed by atoms with E-state index in [1.165, 1.54) is 26.0 Å². The lowest BCUT2D eigenvalue weighted by Crippen LogP contribution is -2.34. The summed E-state index contributed by atoms with van der Waals surface area (Å²) in [5, 5.41) is 11.4. The average molecular weight is 283 g/mol. The summed E-state index contributed by atoms with van der Waals surface area (Å²) < 4.78 is 24.4. The summed E-state index contributed by atoms with van der Waals surface area (Å²) in [4.78, 5) is 22.8. The van der Waals surface area contributed by atoms with Crippen LogP contribution in [0.3, 0.4) is 0 Å². The number of amides is 1. The number of nitrogens with one attached hydrogen (secondary N) is 1. The average Bonchev–Trinajstić information content (AvgIpc) is 2.32. The van der Waals surface area contributed by atoms with E-state index in [1.54, 1.807) is 0 Å². The number of carboxylic acids is 1. The van der Waals surface area contributed by atoms with Gasteiger partial charge >= 0.3 is 5.97 Å². The number of hydrogen-bond acceptors (Lipinski definition) is 4. The van der Waals surface area contributed by atoms with Crippen molar-refractivity contribution in [3.8, 4) is 0 Å². The summed E-state index contributed by atoms with van der Waals surface area (Å²) in [6.07, 6.45) is 0. The molecular formula is C12H13NO5S. The molecule has 1 heterocycles. The van der Waals surface area contributed by atoms with Crippen LogP contribution in [0.15, 0.2) is 23.1 Å². The molecule has 0 aromatic heterocycles. The van der Waals surface area contributed by atoms with Crippen LogP contribution in [0.2, 0.25) is 0 Å². The lowest BCUT2D eigenvalue weighted by molar-refractivity contribution is -0.122. The number of sulfone groups is 1. The number of hydrogen-bond donors (Lipinski definition) is 2. The van der Waals surface area contributed by atoms with Crippen LogP contribution in [0.5, 0.6) is 0 Å². The standard InChI is InChI=1S/C12H13NO5S/c1-12(2)6-19(17,18)9-4-3-7(10(14)15)5-8(9)13-11(12)16/h3-5H,6H2,1-2H3,(H,13,16)(H,14,15). The second-order valence-corrected chi connectivity index (χ2v) is 7.07. The molecule has 2 rings (SSSR count). The van der Waals surface area contributed by atoms with Crippen molar-refractivity contribution in [1.29, 1.82) is 0 Å². The maximum atomic E-state index is 12.2. The molecule has 0 radical (unpaired) electrons. The molecule has 0 saturated carbocycles. The molecule has 19 heavy (non-hydrogen) atoms. The largest absolute Gasteiger partial charge is 0.478 e. The van der Waals surface area contributed by atoms with E-state index >= 15 is 0 Å². The minimum Gasteiger partial charge on any atom is -0.478 e. The van der Waals surface area contributed by atoms with Gasteiger partial charge in [-0.2, -0.15) is 0 Å². The molecule has 0 saturated heterocycles. The summed E-state index contributed by atoms with van der Waals surface area (Å²) in [6.45, 7) is 3.06. The molecule has 0 bridgehead atoms. The quantitative estimate of drug-likeness (QED) is 0.804. The number of fused-ring (bicyclic) bond motifs is 1. The Bertz CT molecular complexity index is 675. The third kappa shape index (κ3) is 2.33. The van der Waals surface area contributed by atoms with Crippen molar-refractivity contribution < 1.29 is 23.1 Å². The highest BCUT2D eigenvalue weighted by atomic mass is 32.2. The molecule has 0 spiro atoms. The maximum absolute atomic E-state index is 12.2. The molecule has 1 amide bonds. The summed E-state index contributed by atoms with van der Waals surface area (Å²) in [5.41, 5.74) is -1.12. The Balaban J connectivity index is 2.66. The Morgan fingerprint density at radius 3 is 2.58 bits per heavy atom. The zero-order chi connectivity index (χ0) is 14.4. The van der Waals surface area contributed by atoms with Crippen LogP contribution in [-0.4, -0.2) is 31.2 Å². The van der Waals surface area contributed by atoms with Crippen molar-refractivity contribution in [3.05, 3.63) is 23.8 Å². The van der Waals surface area contributed by atoms with Crippen LogP contribution < -0.4 is 5.32 Å². The third-order valence-electron chi connectivity index (χ3n) is 2.98. The summed E-state index contributed by atoms with van der Waals surface area (Å²) >= 11 is 0. The molecule has 1 aliphatic rings. The van der Waals surface area contributed by atoms with Gasteiger partial charge in [0.15, 0.2) is 9.84 Å². The monoisotopic (exact) mass is 283 g/mol. The van der Waals surface area contributed by atoms with Gasteiger partial charge in [0.05, 0.1) is 27.3 Å². The number of anilines is 1. The Morgan fingerprint density at radius 1 is 1.37 bits per heavy atom. The normalized spacial score (nSPS) is 20.0. The van der Waals surface area contributed by atoms with Gasteiger partial charge in [0.1, 0.15) is 0 Å². The number of rotatable bonds is 1. The van der Waals surface area contributed by atoms with Crippen LogP contribution >= 0.6 is 0 Å². The number of carbonyl (C=O) groups excluding carboxylic acids is 1. The topological polar surface area (TPSA) is 101 Å². The second kappa shape index (κ2) is 4.06. The molecule has 0 aliphatic carbocycles. The first kappa shape index (κ1) is 13.5. The highest BCUT2D eigenvalue weighted by Gasteiger charge is 2.39. The molecule has 6 nitrogen and oxygen atoms in total. The maximum Gasteiger partial charge on any atom is 0.335 e. The van der Waals surface area contributed by atoms with Crippen LogP contribution in [0.25, 0.3) is 0 Å². The van der Waals surface area contributed by atoms with Crippen molar-refractivity contribution in [3.63, 3.8) is 0 Å². The van der Waals surface area contributed by atoms with E-state index in [0.29, 0.717) is 0 Å². The molecule has 1 aromatic rings. The van der Waals surface area contributed by atoms with Crippen molar-refractivity contribution in [1.82, 2.24) is 0 Å². The zero-order valence-corrected chi connectivity index (χ0v) is 11.2. The van der Waals surface area contributed by atoms with E-state index in [1.807, 2.05) is 0 Å². The minimum absolute atomic E-state index is 0.0236. The molecule has 1 aromatic carbocycles. The van der Waals surface area contributed by atoms with Gasteiger partial charge in [0.25, 0.3) is 0 Å². The van der Waals surface area contributed by atoms with Gasteiger partial charge < -0.3 is 10.4 Å². The predicted octanol–water partition coefficient (Wildman–Crippen LogP) is 1.14. The van der Waals surface area contributed by atoms with E-state index in [9.17, 15) is 18.0 Å². The zero-order valence-electron chi connectivity index (χ0n) is 10.4. The van der Waals surface area contributed by atoms with Crippen LogP contribution in [0, 0.1) is 5.41 Å². The molecule has 2 N–H and O–H groups in total. The second-order valence-electron chi connectivity index (χ2n) is 5.11. The lowest BCUT2D eigenvalue weighted by Gasteiger charge is -2.18. The first-order valence-electron chi connectivity index (χ1n) is 5.55. The molecule has 1 aliphatic heterocycles. The molecule has 102 valence electrons. The lowest BCUT2D eigenvalue weighted by atomic mass is 9.95. The molecule has 0 unspecified atom stereocenters. The van der Waals surface area contributed by atoms with Crippen LogP contribution in [-0.2, 0) is 14.6 Å². The first-order valence-corrected chi connectivity index (χ1v) is 7.20. The van der Waals surface area contributed by atoms with Crippen molar-refractivity contribution in [2.75, 3.05) is 11.1 Å². The van der Waals surface area contributed by atoms with Gasteiger partial charge in [0, 0.05) is 0 Å². The fourth-order valence-electron chi connectivity index (χ4n) is 1.94. The van der Waals surface area contributed by atoms with Crippen molar-refractivity contribution >= 4 is 27.4 Å². The van der Waals surface area contributed by atoms with Gasteiger partial charge in [-0.3, -0.25) is 4.79 Å². The fraction of sp³-hybridized carbons (Fsp3) is 0.333. The van der Waals surface area contributed by atoms with Crippen LogP contribution in [0.1, 0.15) is 24.2 Å². The predicted molar refractivity (Wildman–Crippen MR) is 67.9 cm³/mol. The highest BCUT2D eigenvalue weighted by molar-refractivity contribution is 7.91. The van der Waals surface area contributed by atoms with E-state index < -0.39 is 27.1 Å². The molecule has 7 heteroatoms. The Hall–Kier alpha value is -1.89. The van der Waals surface area contributed by atoms with Gasteiger partial charge in [-0.15, -0.1) is 0 Å². The Kier molecular flexibility index (Phi) is 2.89. The number of aromatic carboxylic acids is 1. The van der Waals surface area contributed by atoms with E-state index in [2.05, 4.69) is 5.32 Å². The fourth-order valence-corrected chi connectivity index (χ4v) is 3.90. The number of benzene rings is 1. The smallest absolute Gasteiger partial charge is 0.335 e. The van der Waals surface area contributed by atoms with Crippen molar-refractivity contribution in [2.24, 2.45) is 5.41 Å². The first-order chi connectivity index (χ1) is 8.63. The molecular weight excluding hydrogens is 270 g/mol. The summed E-state index contributed by atoms with van der Waals surface area (Å²) in [7, 11) is -3.64. The van der Waals surface area contributed by atoms with E-state index in [0.717, 1.165) is 6.07 Å². The number of carboxylic acid groups (broad SMARTS) is 1. The van der Waals surface area contributed by atoms with Crippen LogP contribution in [0.4, 0.5) is 5.69 Å². The van der Waals surface area contributed by atoms with Crippen molar-refractivity contribution in [2.45, 2.75) is 18.7 Å². The van der Waals surface area contributed by atoms with Gasteiger partial charge in [-0.05, 0) is 18.2 Å². The third-order valence-corrected chi connectivity index (χ3v) is 5.10. The minimum atomic E-state index is -3.64. The SMILES string of the molecule is CC1(C)CS(=O)(=O)c2ccc(C(=O)O)cc2NC1=O. The van der Waals surface area contributed by atoms with Gasteiger partial charge in [-0.1, -0.05) is 13.8 Å². The number of carbonyl (C=O) groups is 2. The van der Waals surface area contributed by atoms with E-state index in [4.69, 9.17) is 5.11 Å². The van der Waals surface area contributed by atoms with Gasteiger partial charge in [-0.25, -0.2) is 13.2 Å². The summed E-state index contributed by atoms with van der Waals surface area (Å²) in [5.74, 6) is -1.94. The molecule has 0 fully saturated rings.